The van der Waals surface area contributed by atoms with E-state index in [9.17, 15) is 19.2 Å². The highest BCUT2D eigenvalue weighted by Crippen LogP contribution is 2.31. The van der Waals surface area contributed by atoms with Gasteiger partial charge in [0.1, 0.15) is 11.5 Å². The monoisotopic (exact) mass is 540 g/mol. The smallest absolute Gasteiger partial charge is 0.335 e. The van der Waals surface area contributed by atoms with Crippen LogP contribution in [0.25, 0.3) is 22.3 Å². The third-order valence-electron chi connectivity index (χ3n) is 5.79. The Morgan fingerprint density at radius 3 is 1.15 bits per heavy atom. The Morgan fingerprint density at radius 2 is 0.825 bits per heavy atom. The molecular weight excluding hydrogens is 512 g/mol. The summed E-state index contributed by atoms with van der Waals surface area (Å²) >= 11 is 0. The van der Waals surface area contributed by atoms with Crippen LogP contribution in [0.4, 0.5) is 0 Å². The first kappa shape index (κ1) is 29.3. The highest BCUT2D eigenvalue weighted by atomic mass is 16.5. The van der Waals surface area contributed by atoms with Gasteiger partial charge in [-0.3, -0.25) is 9.59 Å². The van der Waals surface area contributed by atoms with Crippen LogP contribution in [0.2, 0.25) is 0 Å². The minimum atomic E-state index is -1.30. The third-order valence-corrected chi connectivity index (χ3v) is 5.79. The van der Waals surface area contributed by atoms with Crippen molar-refractivity contribution >= 4 is 24.9 Å². The molecule has 0 aliphatic carbocycles. The maximum atomic E-state index is 11.2. The molecule has 0 heterocycles. The molecule has 204 valence electrons. The van der Waals surface area contributed by atoms with E-state index in [-0.39, 0.29) is 41.1 Å². The number of ether oxygens (including phenoxy) is 2. The number of carbonyl (C=O) groups excluding carboxylic acids is 2. The molecule has 0 fully saturated rings. The number of benzene rings is 4. The van der Waals surface area contributed by atoms with Crippen LogP contribution in [0, 0.1) is 27.7 Å². The van der Waals surface area contributed by atoms with E-state index >= 15 is 0 Å². The van der Waals surface area contributed by atoms with Crippen molar-refractivity contribution < 1.29 is 38.9 Å². The second-order valence-electron chi connectivity index (χ2n) is 9.28. The fourth-order valence-electron chi connectivity index (χ4n) is 4.31. The number of hydrogen-bond donors (Lipinski definition) is 2. The van der Waals surface area contributed by atoms with Gasteiger partial charge in [0.15, 0.2) is 0 Å². The van der Waals surface area contributed by atoms with Gasteiger partial charge in [-0.2, -0.15) is 0 Å². The largest absolute Gasteiger partial charge is 0.478 e. The lowest BCUT2D eigenvalue weighted by Gasteiger charge is -2.09. The average Bonchev–Trinajstić information content (AvgIpc) is 2.88. The van der Waals surface area contributed by atoms with Gasteiger partial charge in [-0.05, 0) is 80.3 Å². The molecule has 0 spiro atoms. The molecule has 4 aromatic carbocycles. The summed E-state index contributed by atoms with van der Waals surface area (Å²) in [6.07, 6.45) is 0. The first-order valence-corrected chi connectivity index (χ1v) is 12.1. The Morgan fingerprint density at radius 1 is 0.500 bits per heavy atom. The van der Waals surface area contributed by atoms with Crippen LogP contribution in [0.1, 0.15) is 43.0 Å². The van der Waals surface area contributed by atoms with Crippen molar-refractivity contribution in [3.8, 4) is 33.8 Å². The molecule has 0 saturated heterocycles. The van der Waals surface area contributed by atoms with Crippen molar-refractivity contribution in [1.29, 1.82) is 0 Å². The van der Waals surface area contributed by atoms with Crippen LogP contribution in [-0.4, -0.2) is 35.1 Å². The maximum Gasteiger partial charge on any atom is 0.335 e. The van der Waals surface area contributed by atoms with Crippen molar-refractivity contribution in [2.45, 2.75) is 27.7 Å². The molecule has 2 N–H and O–H groups in total. The molecule has 4 aromatic rings. The molecule has 0 aromatic heterocycles. The summed E-state index contributed by atoms with van der Waals surface area (Å²) in [7, 11) is 0. The van der Waals surface area contributed by atoms with E-state index in [1.807, 2.05) is 0 Å². The molecule has 0 bridgehead atoms. The van der Waals surface area contributed by atoms with E-state index in [1.54, 1.807) is 0 Å². The van der Waals surface area contributed by atoms with Crippen LogP contribution in [0.15, 0.2) is 72.8 Å². The van der Waals surface area contributed by atoms with Gasteiger partial charge in [-0.15, -0.1) is 0 Å². The normalized spacial score (nSPS) is 10.1. The zero-order chi connectivity index (χ0) is 29.4. The number of carboxylic acid groups (broad SMARTS) is 2. The predicted molar refractivity (Wildman–Crippen MR) is 150 cm³/mol. The topological polar surface area (TPSA) is 127 Å². The molecule has 0 amide bonds. The van der Waals surface area contributed by atoms with Crippen molar-refractivity contribution in [2.24, 2.45) is 0 Å². The lowest BCUT2D eigenvalue weighted by molar-refractivity contribution is -0.121. The van der Waals surface area contributed by atoms with Gasteiger partial charge in [-0.1, -0.05) is 58.7 Å². The van der Waals surface area contributed by atoms with E-state index < -0.39 is 11.9 Å². The number of carbonyl (C=O) groups is 4. The van der Waals surface area contributed by atoms with Crippen LogP contribution in [0.5, 0.6) is 11.5 Å². The molecule has 40 heavy (non-hydrogen) atoms. The molecule has 8 heteroatoms. The van der Waals surface area contributed by atoms with Gasteiger partial charge in [-0.25, -0.2) is 9.59 Å². The van der Waals surface area contributed by atoms with Gasteiger partial charge in [0.2, 0.25) is 0 Å². The lowest BCUT2D eigenvalue weighted by Crippen LogP contribution is -2.03. The standard InChI is InChI=1S/C16H10O8.C16H18/c17-7-23-13-4-10(5-14(6-13)24-8-18)9-1-11(15(19)20)3-12(2-9)16(21)22;1-11-5-12(2)8-15(7-11)16-9-13(3)6-14(4)10-16/h1-8H,(H,19,20)(H,21,22);5-10H,1-4H3. The van der Waals surface area contributed by atoms with Crippen LogP contribution >= 0.6 is 0 Å². The zero-order valence-corrected chi connectivity index (χ0v) is 22.4. The lowest BCUT2D eigenvalue weighted by atomic mass is 9.98. The minimum Gasteiger partial charge on any atom is -0.478 e. The van der Waals surface area contributed by atoms with Gasteiger partial charge in [0.05, 0.1) is 11.1 Å². The molecule has 0 saturated carbocycles. The first-order valence-electron chi connectivity index (χ1n) is 12.1. The number of aryl methyl sites for hydroxylation is 4. The molecule has 0 aliphatic rings. The van der Waals surface area contributed by atoms with Crippen LogP contribution in [-0.2, 0) is 9.59 Å². The Kier molecular flexibility index (Phi) is 9.54. The zero-order valence-electron chi connectivity index (χ0n) is 22.4. The summed E-state index contributed by atoms with van der Waals surface area (Å²) in [6, 6.07) is 21.0. The summed E-state index contributed by atoms with van der Waals surface area (Å²) in [5.41, 5.74) is 8.03. The first-order chi connectivity index (χ1) is 19.0. The average molecular weight is 541 g/mol. The number of aromatic carboxylic acids is 2. The summed E-state index contributed by atoms with van der Waals surface area (Å²) in [5, 5.41) is 18.2. The van der Waals surface area contributed by atoms with Crippen molar-refractivity contribution in [1.82, 2.24) is 0 Å². The quantitative estimate of drug-likeness (QED) is 0.246. The predicted octanol–water partition coefficient (Wildman–Crippen LogP) is 6.41. The molecule has 0 aliphatic heterocycles. The molecule has 8 nitrogen and oxygen atoms in total. The Labute approximate surface area is 231 Å². The van der Waals surface area contributed by atoms with Crippen molar-refractivity contribution in [3.05, 3.63) is 106 Å². The van der Waals surface area contributed by atoms with E-state index in [4.69, 9.17) is 19.7 Å². The SMILES string of the molecule is Cc1cc(C)cc(-c2cc(C)cc(C)c2)c1.O=COc1cc(OC=O)cc(-c2cc(C(=O)O)cc(C(=O)O)c2)c1. The van der Waals surface area contributed by atoms with Crippen molar-refractivity contribution in [3.63, 3.8) is 0 Å². The van der Waals surface area contributed by atoms with E-state index in [0.29, 0.717) is 5.56 Å². The third kappa shape index (κ3) is 7.88. The molecule has 0 atom stereocenters. The number of carboxylic acids is 2. The summed E-state index contributed by atoms with van der Waals surface area (Å²) in [5.74, 6) is -2.53. The fourth-order valence-corrected chi connectivity index (χ4v) is 4.31. The Balaban J connectivity index is 0.000000238. The summed E-state index contributed by atoms with van der Waals surface area (Å²) < 4.78 is 9.40. The van der Waals surface area contributed by atoms with Gasteiger partial charge in [0, 0.05) is 6.07 Å². The molecule has 0 unspecified atom stereocenters. The fraction of sp³-hybridized carbons (Fsp3) is 0.125. The number of rotatable bonds is 8. The Bertz CT molecular complexity index is 1440. The highest BCUT2D eigenvalue weighted by molar-refractivity contribution is 5.96. The second-order valence-corrected chi connectivity index (χ2v) is 9.28. The number of hydrogen-bond acceptors (Lipinski definition) is 6. The minimum absolute atomic E-state index is 0.0388. The van der Waals surface area contributed by atoms with Gasteiger partial charge < -0.3 is 19.7 Å². The molecular formula is C32H28O8. The van der Waals surface area contributed by atoms with E-state index in [2.05, 4.69) is 64.1 Å². The highest BCUT2D eigenvalue weighted by Gasteiger charge is 2.14. The molecule has 4 rings (SSSR count). The summed E-state index contributed by atoms with van der Waals surface area (Å²) in [6.45, 7) is 8.94. The Hall–Kier alpha value is -5.24. The second kappa shape index (κ2) is 13.0. The summed E-state index contributed by atoms with van der Waals surface area (Å²) in [4.78, 5) is 43.3. The van der Waals surface area contributed by atoms with Crippen molar-refractivity contribution in [2.75, 3.05) is 0 Å². The van der Waals surface area contributed by atoms with Gasteiger partial charge in [0.25, 0.3) is 12.9 Å². The van der Waals surface area contributed by atoms with E-state index in [1.165, 1.54) is 63.7 Å². The van der Waals surface area contributed by atoms with Gasteiger partial charge >= 0.3 is 11.9 Å². The van der Waals surface area contributed by atoms with Crippen LogP contribution < -0.4 is 9.47 Å². The van der Waals surface area contributed by atoms with E-state index in [0.717, 1.165) is 6.07 Å². The maximum absolute atomic E-state index is 11.2. The molecule has 0 radical (unpaired) electrons. The van der Waals surface area contributed by atoms with Crippen LogP contribution in [0.3, 0.4) is 0 Å².